The Morgan fingerprint density at radius 1 is 1.00 bits per heavy atom. The lowest BCUT2D eigenvalue weighted by molar-refractivity contribution is -0.596. The fourth-order valence-electron chi connectivity index (χ4n) is 3.81. The van der Waals surface area contributed by atoms with Crippen LogP contribution in [0.1, 0.15) is 27.5 Å². The van der Waals surface area contributed by atoms with E-state index in [1.807, 2.05) is 79.8 Å². The van der Waals surface area contributed by atoms with Crippen LogP contribution in [0.15, 0.2) is 78.9 Å². The number of nitrogens with zero attached hydrogens (tertiary/aromatic N) is 2. The van der Waals surface area contributed by atoms with Gasteiger partial charge >= 0.3 is 5.91 Å². The van der Waals surface area contributed by atoms with Crippen molar-refractivity contribution < 1.29 is 19.0 Å². The Kier molecular flexibility index (Phi) is 6.40. The van der Waals surface area contributed by atoms with Gasteiger partial charge in [-0.3, -0.25) is 9.59 Å². The molecule has 3 aromatic rings. The van der Waals surface area contributed by atoms with Crippen LogP contribution >= 0.6 is 0 Å². The van der Waals surface area contributed by atoms with Gasteiger partial charge in [0.2, 0.25) is 12.3 Å². The van der Waals surface area contributed by atoms with Gasteiger partial charge in [-0.25, -0.2) is 0 Å². The molecule has 7 nitrogen and oxygen atoms in total. The molecule has 0 saturated carbocycles. The second-order valence-corrected chi connectivity index (χ2v) is 8.03. The van der Waals surface area contributed by atoms with Gasteiger partial charge in [0.05, 0.1) is 7.11 Å². The first-order chi connectivity index (χ1) is 16.0. The summed E-state index contributed by atoms with van der Waals surface area (Å²) in [6.07, 6.45) is 1.88. The van der Waals surface area contributed by atoms with Crippen molar-refractivity contribution in [2.75, 3.05) is 26.1 Å². The number of ether oxygens (including phenoxy) is 1. The lowest BCUT2D eigenvalue weighted by Gasteiger charge is -2.15. The fourth-order valence-corrected chi connectivity index (χ4v) is 3.81. The largest absolute Gasteiger partial charge is 0.497 e. The molecule has 0 spiro atoms. The van der Waals surface area contributed by atoms with Crippen molar-refractivity contribution in [3.8, 4) is 5.75 Å². The Hall–Kier alpha value is -4.13. The smallest absolute Gasteiger partial charge is 0.304 e. The minimum atomic E-state index is -0.775. The maximum absolute atomic E-state index is 13.0. The fraction of sp³-hybridized carbons (Fsp3) is 0.192. The number of nitrogens with one attached hydrogen (secondary N) is 2. The first-order valence-electron chi connectivity index (χ1n) is 10.7. The molecule has 1 fully saturated rings. The summed E-state index contributed by atoms with van der Waals surface area (Å²) in [6, 6.07) is 23.2. The Morgan fingerprint density at radius 3 is 2.27 bits per heavy atom. The average Bonchev–Trinajstić information content (AvgIpc) is 3.14. The molecule has 2 amide bonds. The van der Waals surface area contributed by atoms with Crippen LogP contribution in [0.3, 0.4) is 0 Å². The SMILES string of the molecule is COc1ccc([C@H]2[C@H](NC(=O)c3ccccc3)C(=O)N/[N+]2=C\c2ccc(N(C)C)cc2)cc1. The van der Waals surface area contributed by atoms with E-state index in [9.17, 15) is 9.59 Å². The molecule has 0 bridgehead atoms. The van der Waals surface area contributed by atoms with Gasteiger partial charge in [-0.15, -0.1) is 10.1 Å². The predicted octanol–water partition coefficient (Wildman–Crippen LogP) is 2.78. The van der Waals surface area contributed by atoms with Crippen LogP contribution in [0.4, 0.5) is 5.69 Å². The van der Waals surface area contributed by atoms with Crippen molar-refractivity contribution in [3.05, 3.63) is 95.6 Å². The molecule has 1 heterocycles. The average molecular weight is 444 g/mol. The first kappa shape index (κ1) is 22.1. The number of methoxy groups -OCH3 is 1. The van der Waals surface area contributed by atoms with E-state index in [0.717, 1.165) is 22.6 Å². The summed E-state index contributed by atoms with van der Waals surface area (Å²) in [5.41, 5.74) is 6.28. The molecule has 0 aromatic heterocycles. The van der Waals surface area contributed by atoms with E-state index in [-0.39, 0.29) is 11.8 Å². The van der Waals surface area contributed by atoms with Crippen LogP contribution in [-0.2, 0) is 4.79 Å². The molecular weight excluding hydrogens is 416 g/mol. The number of hydrogen-bond acceptors (Lipinski definition) is 4. The van der Waals surface area contributed by atoms with Gasteiger partial charge in [0.15, 0.2) is 6.04 Å². The third-order valence-electron chi connectivity index (χ3n) is 5.61. The molecule has 1 aliphatic rings. The third kappa shape index (κ3) is 4.87. The highest BCUT2D eigenvalue weighted by Gasteiger charge is 2.47. The lowest BCUT2D eigenvalue weighted by Crippen LogP contribution is -2.42. The molecule has 0 unspecified atom stereocenters. The molecule has 1 aliphatic heterocycles. The quantitative estimate of drug-likeness (QED) is 0.575. The predicted molar refractivity (Wildman–Crippen MR) is 128 cm³/mol. The van der Waals surface area contributed by atoms with Crippen LogP contribution in [0.5, 0.6) is 5.75 Å². The van der Waals surface area contributed by atoms with Crippen LogP contribution in [-0.4, -0.2) is 50.0 Å². The molecule has 7 heteroatoms. The number of hydrazine groups is 1. The molecule has 0 radical (unpaired) electrons. The Labute approximate surface area is 193 Å². The number of carbonyl (C=O) groups is 2. The van der Waals surface area contributed by atoms with E-state index in [1.54, 1.807) is 36.1 Å². The Balaban J connectivity index is 1.69. The van der Waals surface area contributed by atoms with Gasteiger partial charge in [0, 0.05) is 36.5 Å². The highest BCUT2D eigenvalue weighted by Crippen LogP contribution is 2.27. The first-order valence-corrected chi connectivity index (χ1v) is 10.7. The van der Waals surface area contributed by atoms with Gasteiger partial charge in [-0.1, -0.05) is 18.2 Å². The number of amides is 2. The summed E-state index contributed by atoms with van der Waals surface area (Å²) in [5.74, 6) is 0.142. The van der Waals surface area contributed by atoms with Gasteiger partial charge < -0.3 is 15.0 Å². The van der Waals surface area contributed by atoms with E-state index >= 15 is 0 Å². The van der Waals surface area contributed by atoms with Gasteiger partial charge in [0.1, 0.15) is 5.75 Å². The second-order valence-electron chi connectivity index (χ2n) is 8.03. The molecule has 3 aromatic carbocycles. The Morgan fingerprint density at radius 2 is 1.67 bits per heavy atom. The second kappa shape index (κ2) is 9.56. The number of rotatable bonds is 6. The molecule has 33 heavy (non-hydrogen) atoms. The van der Waals surface area contributed by atoms with E-state index in [4.69, 9.17) is 4.74 Å². The standard InChI is InChI=1S/C26H26N4O3/c1-29(2)21-13-9-18(10-14-21)17-30-24(19-11-15-22(33-3)16-12-19)23(26(32)28-30)27-25(31)20-7-5-4-6-8-20/h4-17,23-24H,1-3H3,(H-,27,28,31,32)/p+1/t23-,24-/m0/s1. The van der Waals surface area contributed by atoms with Gasteiger partial charge in [-0.2, -0.15) is 0 Å². The van der Waals surface area contributed by atoms with E-state index in [2.05, 4.69) is 10.7 Å². The molecule has 2 atom stereocenters. The minimum absolute atomic E-state index is 0.277. The van der Waals surface area contributed by atoms with E-state index in [1.165, 1.54) is 0 Å². The van der Waals surface area contributed by atoms with Crippen molar-refractivity contribution in [1.82, 2.24) is 10.7 Å². The molecule has 4 rings (SSSR count). The van der Waals surface area contributed by atoms with Crippen molar-refractivity contribution in [2.24, 2.45) is 0 Å². The molecule has 1 saturated heterocycles. The molecule has 0 aliphatic carbocycles. The van der Waals surface area contributed by atoms with Crippen molar-refractivity contribution >= 4 is 23.7 Å². The minimum Gasteiger partial charge on any atom is -0.497 e. The van der Waals surface area contributed by atoms with Crippen LogP contribution < -0.4 is 20.4 Å². The zero-order chi connectivity index (χ0) is 23.4. The van der Waals surface area contributed by atoms with E-state index in [0.29, 0.717) is 5.56 Å². The number of hydrazone groups is 1. The number of anilines is 1. The van der Waals surface area contributed by atoms with Gasteiger partial charge in [-0.05, 0) is 60.7 Å². The summed E-state index contributed by atoms with van der Waals surface area (Å²) >= 11 is 0. The van der Waals surface area contributed by atoms with Crippen LogP contribution in [0.25, 0.3) is 0 Å². The van der Waals surface area contributed by atoms with Crippen LogP contribution in [0.2, 0.25) is 0 Å². The lowest BCUT2D eigenvalue weighted by atomic mass is 9.99. The monoisotopic (exact) mass is 443 g/mol. The zero-order valence-corrected chi connectivity index (χ0v) is 18.9. The van der Waals surface area contributed by atoms with Crippen molar-refractivity contribution in [1.29, 1.82) is 0 Å². The highest BCUT2D eigenvalue weighted by atomic mass is 16.5. The summed E-state index contributed by atoms with van der Waals surface area (Å²) < 4.78 is 7.03. The summed E-state index contributed by atoms with van der Waals surface area (Å²) in [5, 5.41) is 2.91. The Bertz CT molecular complexity index is 1160. The molecular formula is C26H27N4O3+. The van der Waals surface area contributed by atoms with Gasteiger partial charge in [0.25, 0.3) is 5.91 Å². The van der Waals surface area contributed by atoms with Crippen LogP contribution in [0, 0.1) is 0 Å². The zero-order valence-electron chi connectivity index (χ0n) is 18.9. The highest BCUT2D eigenvalue weighted by molar-refractivity contribution is 5.98. The maximum Gasteiger partial charge on any atom is 0.304 e. The van der Waals surface area contributed by atoms with Crippen molar-refractivity contribution in [2.45, 2.75) is 12.1 Å². The normalized spacial score (nSPS) is 18.6. The summed E-state index contributed by atoms with van der Waals surface area (Å²) in [6.45, 7) is 0. The number of hydrogen-bond donors (Lipinski definition) is 2. The summed E-state index contributed by atoms with van der Waals surface area (Å²) in [7, 11) is 5.58. The maximum atomic E-state index is 13.0. The topological polar surface area (TPSA) is 73.7 Å². The molecule has 168 valence electrons. The molecule has 2 N–H and O–H groups in total. The summed E-state index contributed by atoms with van der Waals surface area (Å²) in [4.78, 5) is 27.8. The number of carbonyl (C=O) groups excluding carboxylic acids is 2. The van der Waals surface area contributed by atoms with E-state index < -0.39 is 12.1 Å². The number of benzene rings is 3. The third-order valence-corrected chi connectivity index (χ3v) is 5.61. The van der Waals surface area contributed by atoms with Crippen molar-refractivity contribution in [3.63, 3.8) is 0 Å².